The number of likely N-dealkylation sites (tertiary alicyclic amines) is 1. The molecule has 0 aliphatic carbocycles. The molecule has 3 heteroatoms. The Morgan fingerprint density at radius 3 is 2.13 bits per heavy atom. The molecule has 1 amide bonds. The molecule has 0 bridgehead atoms. The van der Waals surface area contributed by atoms with Crippen LogP contribution in [-0.4, -0.2) is 48.4 Å². The molecule has 0 radical (unpaired) electrons. The summed E-state index contributed by atoms with van der Waals surface area (Å²) in [5.41, 5.74) is 0. The van der Waals surface area contributed by atoms with Crippen LogP contribution >= 0.6 is 0 Å². The highest BCUT2D eigenvalue weighted by Gasteiger charge is 2.26. The van der Waals surface area contributed by atoms with Crippen LogP contribution in [0, 0.1) is 5.92 Å². The second-order valence-corrected chi connectivity index (χ2v) is 4.22. The first-order valence-corrected chi connectivity index (χ1v) is 6.24. The van der Waals surface area contributed by atoms with Crippen LogP contribution in [0.25, 0.3) is 0 Å². The van der Waals surface area contributed by atoms with Crippen LogP contribution in [0.2, 0.25) is 0 Å². The van der Waals surface area contributed by atoms with Crippen LogP contribution in [-0.2, 0) is 4.79 Å². The third-order valence-corrected chi connectivity index (χ3v) is 3.46. The first kappa shape index (κ1) is 12.5. The zero-order valence-corrected chi connectivity index (χ0v) is 10.3. The van der Waals surface area contributed by atoms with Crippen molar-refractivity contribution in [2.75, 3.05) is 32.7 Å². The van der Waals surface area contributed by atoms with Crippen molar-refractivity contribution >= 4 is 5.91 Å². The van der Waals surface area contributed by atoms with E-state index >= 15 is 0 Å². The third kappa shape index (κ3) is 3.20. The molecule has 0 aromatic rings. The van der Waals surface area contributed by atoms with Gasteiger partial charge in [-0.15, -0.1) is 0 Å². The normalized spacial score (nSPS) is 19.1. The minimum atomic E-state index is 0.285. The Labute approximate surface area is 93.4 Å². The van der Waals surface area contributed by atoms with E-state index < -0.39 is 0 Å². The Morgan fingerprint density at radius 2 is 1.73 bits per heavy atom. The van der Waals surface area contributed by atoms with Crippen LogP contribution < -0.4 is 0 Å². The standard InChI is InChI=1S/C12H24N2O/c1-4-13-9-7-11(8-10-13)12(15)14(5-2)6-3/h11H,4-10H2,1-3H3. The molecule has 1 rings (SSSR count). The second-order valence-electron chi connectivity index (χ2n) is 4.22. The van der Waals surface area contributed by atoms with Crippen molar-refractivity contribution < 1.29 is 4.79 Å². The molecule has 1 aliphatic heterocycles. The number of carbonyl (C=O) groups excluding carboxylic acids is 1. The molecule has 1 aliphatic rings. The molecule has 0 atom stereocenters. The highest BCUT2D eigenvalue weighted by atomic mass is 16.2. The molecule has 0 saturated carbocycles. The van der Waals surface area contributed by atoms with Crippen LogP contribution in [0.5, 0.6) is 0 Å². The monoisotopic (exact) mass is 212 g/mol. The van der Waals surface area contributed by atoms with E-state index in [1.807, 2.05) is 4.90 Å². The minimum absolute atomic E-state index is 0.285. The summed E-state index contributed by atoms with van der Waals surface area (Å²) >= 11 is 0. The van der Waals surface area contributed by atoms with Gasteiger partial charge in [-0.05, 0) is 46.3 Å². The van der Waals surface area contributed by atoms with E-state index in [1.165, 1.54) is 0 Å². The van der Waals surface area contributed by atoms with Crippen molar-refractivity contribution in [3.8, 4) is 0 Å². The van der Waals surface area contributed by atoms with Crippen LogP contribution in [0.4, 0.5) is 0 Å². The molecule has 1 saturated heterocycles. The van der Waals surface area contributed by atoms with Crippen molar-refractivity contribution in [2.24, 2.45) is 5.92 Å². The zero-order valence-electron chi connectivity index (χ0n) is 10.3. The third-order valence-electron chi connectivity index (χ3n) is 3.46. The summed E-state index contributed by atoms with van der Waals surface area (Å²) in [5, 5.41) is 0. The van der Waals surface area contributed by atoms with Crippen LogP contribution in [0.3, 0.4) is 0 Å². The summed E-state index contributed by atoms with van der Waals surface area (Å²) in [6.45, 7) is 11.3. The fourth-order valence-electron chi connectivity index (χ4n) is 2.29. The van der Waals surface area contributed by atoms with Crippen molar-refractivity contribution in [1.82, 2.24) is 9.80 Å². The number of carbonyl (C=O) groups is 1. The lowest BCUT2D eigenvalue weighted by Crippen LogP contribution is -2.42. The lowest BCUT2D eigenvalue weighted by Gasteiger charge is -2.33. The Bertz CT molecular complexity index is 194. The highest BCUT2D eigenvalue weighted by molar-refractivity contribution is 5.78. The minimum Gasteiger partial charge on any atom is -0.343 e. The van der Waals surface area contributed by atoms with Gasteiger partial charge in [0.2, 0.25) is 5.91 Å². The Kier molecular flexibility index (Phi) is 5.09. The first-order valence-electron chi connectivity index (χ1n) is 6.24. The molecule has 0 aromatic carbocycles. The van der Waals surface area contributed by atoms with E-state index in [4.69, 9.17) is 0 Å². The van der Waals surface area contributed by atoms with E-state index in [0.29, 0.717) is 5.91 Å². The van der Waals surface area contributed by atoms with Gasteiger partial charge in [0.05, 0.1) is 0 Å². The fourth-order valence-corrected chi connectivity index (χ4v) is 2.29. The maximum absolute atomic E-state index is 12.1. The molecular formula is C12H24N2O. The lowest BCUT2D eigenvalue weighted by molar-refractivity contribution is -0.136. The van der Waals surface area contributed by atoms with Crippen LogP contribution in [0.15, 0.2) is 0 Å². The molecular weight excluding hydrogens is 188 g/mol. The summed E-state index contributed by atoms with van der Waals surface area (Å²) in [5.74, 6) is 0.656. The Balaban J connectivity index is 2.42. The summed E-state index contributed by atoms with van der Waals surface area (Å²) in [4.78, 5) is 16.4. The summed E-state index contributed by atoms with van der Waals surface area (Å²) in [6, 6.07) is 0. The molecule has 15 heavy (non-hydrogen) atoms. The Morgan fingerprint density at radius 1 is 1.20 bits per heavy atom. The molecule has 0 N–H and O–H groups in total. The summed E-state index contributed by atoms with van der Waals surface area (Å²) < 4.78 is 0. The first-order chi connectivity index (χ1) is 7.22. The number of hydrogen-bond acceptors (Lipinski definition) is 2. The number of rotatable bonds is 4. The SMILES string of the molecule is CCN1CCC(C(=O)N(CC)CC)CC1. The number of amides is 1. The van der Waals surface area contributed by atoms with Gasteiger partial charge in [0, 0.05) is 19.0 Å². The number of piperidine rings is 1. The van der Waals surface area contributed by atoms with E-state index in [1.54, 1.807) is 0 Å². The molecule has 1 heterocycles. The summed E-state index contributed by atoms with van der Waals surface area (Å²) in [6.07, 6.45) is 2.09. The predicted molar refractivity (Wildman–Crippen MR) is 62.8 cm³/mol. The van der Waals surface area contributed by atoms with E-state index in [-0.39, 0.29) is 5.92 Å². The van der Waals surface area contributed by atoms with Gasteiger partial charge < -0.3 is 9.80 Å². The van der Waals surface area contributed by atoms with Gasteiger partial charge in [-0.25, -0.2) is 0 Å². The van der Waals surface area contributed by atoms with Crippen molar-refractivity contribution in [3.63, 3.8) is 0 Å². The van der Waals surface area contributed by atoms with Crippen molar-refractivity contribution in [3.05, 3.63) is 0 Å². The average molecular weight is 212 g/mol. The quantitative estimate of drug-likeness (QED) is 0.706. The van der Waals surface area contributed by atoms with Crippen molar-refractivity contribution in [2.45, 2.75) is 33.6 Å². The number of hydrogen-bond donors (Lipinski definition) is 0. The van der Waals surface area contributed by atoms with Crippen molar-refractivity contribution in [1.29, 1.82) is 0 Å². The van der Waals surface area contributed by atoms with Gasteiger partial charge in [-0.1, -0.05) is 6.92 Å². The molecule has 0 aromatic heterocycles. The molecule has 1 fully saturated rings. The number of nitrogens with zero attached hydrogens (tertiary/aromatic N) is 2. The second kappa shape index (κ2) is 6.11. The van der Waals surface area contributed by atoms with E-state index in [9.17, 15) is 4.79 Å². The average Bonchev–Trinajstić information content (AvgIpc) is 2.30. The van der Waals surface area contributed by atoms with E-state index in [2.05, 4.69) is 25.7 Å². The lowest BCUT2D eigenvalue weighted by atomic mass is 9.95. The maximum Gasteiger partial charge on any atom is 0.225 e. The van der Waals surface area contributed by atoms with Gasteiger partial charge in [0.25, 0.3) is 0 Å². The predicted octanol–water partition coefficient (Wildman–Crippen LogP) is 1.59. The largest absolute Gasteiger partial charge is 0.343 e. The van der Waals surface area contributed by atoms with Gasteiger partial charge in [-0.2, -0.15) is 0 Å². The fraction of sp³-hybridized carbons (Fsp3) is 0.917. The topological polar surface area (TPSA) is 23.6 Å². The van der Waals surface area contributed by atoms with Gasteiger partial charge >= 0.3 is 0 Å². The smallest absolute Gasteiger partial charge is 0.225 e. The highest BCUT2D eigenvalue weighted by Crippen LogP contribution is 2.19. The summed E-state index contributed by atoms with van der Waals surface area (Å²) in [7, 11) is 0. The molecule has 0 unspecified atom stereocenters. The molecule has 3 nitrogen and oxygen atoms in total. The maximum atomic E-state index is 12.1. The van der Waals surface area contributed by atoms with Gasteiger partial charge in [0.1, 0.15) is 0 Å². The molecule has 0 spiro atoms. The van der Waals surface area contributed by atoms with Gasteiger partial charge in [0.15, 0.2) is 0 Å². The molecule has 88 valence electrons. The van der Waals surface area contributed by atoms with Gasteiger partial charge in [-0.3, -0.25) is 4.79 Å². The zero-order chi connectivity index (χ0) is 11.3. The van der Waals surface area contributed by atoms with Crippen LogP contribution in [0.1, 0.15) is 33.6 Å². The Hall–Kier alpha value is -0.570. The van der Waals surface area contributed by atoms with E-state index in [0.717, 1.165) is 45.6 Å².